The minimum atomic E-state index is -4.00. The van der Waals surface area contributed by atoms with Gasteiger partial charge in [-0.05, 0) is 31.0 Å². The number of halogens is 2. The fourth-order valence-corrected chi connectivity index (χ4v) is 2.95. The second-order valence-electron chi connectivity index (χ2n) is 4.19. The number of rotatable bonds is 4. The van der Waals surface area contributed by atoms with E-state index in [1.165, 1.54) is 6.07 Å². The summed E-state index contributed by atoms with van der Waals surface area (Å²) in [6, 6.07) is 3.37. The van der Waals surface area contributed by atoms with Crippen LogP contribution in [0.4, 0.5) is 4.39 Å². The van der Waals surface area contributed by atoms with Crippen molar-refractivity contribution in [2.75, 3.05) is 0 Å². The van der Waals surface area contributed by atoms with Gasteiger partial charge in [0.1, 0.15) is 10.7 Å². The van der Waals surface area contributed by atoms with Gasteiger partial charge in [-0.1, -0.05) is 29.3 Å². The van der Waals surface area contributed by atoms with Gasteiger partial charge in [0.05, 0.1) is 6.10 Å². The van der Waals surface area contributed by atoms with E-state index < -0.39 is 20.7 Å². The summed E-state index contributed by atoms with van der Waals surface area (Å²) in [5.41, 5.74) is 0. The molecule has 1 aromatic carbocycles. The predicted octanol–water partition coefficient (Wildman–Crippen LogP) is 2.63. The molecule has 1 fully saturated rings. The molecule has 1 N–H and O–H groups in total. The van der Waals surface area contributed by atoms with Gasteiger partial charge in [0.15, 0.2) is 0 Å². The molecule has 0 heterocycles. The Labute approximate surface area is 110 Å². The van der Waals surface area contributed by atoms with E-state index in [1.54, 1.807) is 0 Å². The highest BCUT2D eigenvalue weighted by Gasteiger charge is 2.23. The van der Waals surface area contributed by atoms with Crippen LogP contribution < -0.4 is 4.89 Å². The van der Waals surface area contributed by atoms with Gasteiger partial charge in [0, 0.05) is 5.02 Å². The zero-order valence-corrected chi connectivity index (χ0v) is 11.1. The molecule has 18 heavy (non-hydrogen) atoms. The summed E-state index contributed by atoms with van der Waals surface area (Å²) >= 11 is 5.56. The molecular weight excluding hydrogens is 281 g/mol. The maximum Gasteiger partial charge on any atom is 0.265 e. The molecule has 0 spiro atoms. The molecule has 0 saturated heterocycles. The molecule has 0 amide bonds. The van der Waals surface area contributed by atoms with Crippen LogP contribution in [0.15, 0.2) is 23.1 Å². The molecule has 0 unspecified atom stereocenters. The molecule has 4 nitrogen and oxygen atoms in total. The molecule has 1 aliphatic carbocycles. The third-order valence-electron chi connectivity index (χ3n) is 2.81. The molecule has 0 aliphatic heterocycles. The summed E-state index contributed by atoms with van der Waals surface area (Å²) in [5, 5.41) is 0.142. The Bertz CT molecular complexity index is 529. The smallest absolute Gasteiger partial charge is 0.265 e. The molecule has 0 bridgehead atoms. The van der Waals surface area contributed by atoms with Gasteiger partial charge in [0.25, 0.3) is 10.0 Å². The van der Waals surface area contributed by atoms with Crippen LogP contribution in [-0.2, 0) is 14.9 Å². The van der Waals surface area contributed by atoms with Gasteiger partial charge in [-0.15, -0.1) is 0 Å². The van der Waals surface area contributed by atoms with E-state index in [9.17, 15) is 12.8 Å². The standard InChI is InChI=1S/C11H13ClFNO3S/c12-8-5-6-11(10(13)7-8)18(15,16)14-17-9-3-1-2-4-9/h5-7,9,14H,1-4H2. The summed E-state index contributed by atoms with van der Waals surface area (Å²) in [6.45, 7) is 0. The quantitative estimate of drug-likeness (QED) is 0.868. The molecule has 1 aromatic rings. The Morgan fingerprint density at radius 2 is 2.00 bits per heavy atom. The summed E-state index contributed by atoms with van der Waals surface area (Å²) in [5.74, 6) is -0.898. The summed E-state index contributed by atoms with van der Waals surface area (Å²) in [6.07, 6.45) is 3.52. The maximum absolute atomic E-state index is 13.5. The first-order valence-electron chi connectivity index (χ1n) is 5.61. The number of nitrogens with one attached hydrogen (secondary N) is 1. The van der Waals surface area contributed by atoms with Crippen LogP contribution >= 0.6 is 11.6 Å². The van der Waals surface area contributed by atoms with Crippen LogP contribution in [0.25, 0.3) is 0 Å². The predicted molar refractivity (Wildman–Crippen MR) is 65.1 cm³/mol. The first-order chi connectivity index (χ1) is 8.49. The first kappa shape index (κ1) is 13.7. The van der Waals surface area contributed by atoms with Gasteiger partial charge in [-0.25, -0.2) is 12.8 Å². The zero-order valence-electron chi connectivity index (χ0n) is 9.53. The third kappa shape index (κ3) is 3.20. The number of benzene rings is 1. The zero-order chi connectivity index (χ0) is 13.2. The highest BCUT2D eigenvalue weighted by molar-refractivity contribution is 7.89. The molecule has 1 saturated carbocycles. The van der Waals surface area contributed by atoms with Crippen molar-refractivity contribution in [2.24, 2.45) is 0 Å². The number of sulfonamides is 1. The fraction of sp³-hybridized carbons (Fsp3) is 0.455. The third-order valence-corrected chi connectivity index (χ3v) is 4.27. The summed E-state index contributed by atoms with van der Waals surface area (Å²) < 4.78 is 37.1. The molecule has 0 atom stereocenters. The van der Waals surface area contributed by atoms with Gasteiger partial charge in [-0.3, -0.25) is 4.84 Å². The van der Waals surface area contributed by atoms with Gasteiger partial charge >= 0.3 is 0 Å². The average molecular weight is 294 g/mol. The molecule has 100 valence electrons. The van der Waals surface area contributed by atoms with Gasteiger partial charge in [-0.2, -0.15) is 0 Å². The first-order valence-corrected chi connectivity index (χ1v) is 7.48. The van der Waals surface area contributed by atoms with E-state index in [0.29, 0.717) is 0 Å². The maximum atomic E-state index is 13.5. The van der Waals surface area contributed by atoms with E-state index in [1.807, 2.05) is 4.89 Å². The van der Waals surface area contributed by atoms with Crippen molar-refractivity contribution in [2.45, 2.75) is 36.7 Å². The molecule has 1 aliphatic rings. The van der Waals surface area contributed by atoms with Crippen LogP contribution in [0.2, 0.25) is 5.02 Å². The lowest BCUT2D eigenvalue weighted by atomic mass is 10.3. The highest BCUT2D eigenvalue weighted by atomic mass is 35.5. The van der Waals surface area contributed by atoms with Crippen LogP contribution in [-0.4, -0.2) is 14.5 Å². The van der Waals surface area contributed by atoms with Crippen molar-refractivity contribution >= 4 is 21.6 Å². The Hall–Kier alpha value is -0.690. The number of hydrogen-bond donors (Lipinski definition) is 1. The topological polar surface area (TPSA) is 55.4 Å². The van der Waals surface area contributed by atoms with Crippen LogP contribution in [0.1, 0.15) is 25.7 Å². The summed E-state index contributed by atoms with van der Waals surface area (Å²) in [7, 11) is -4.00. The van der Waals surface area contributed by atoms with Crippen LogP contribution in [0, 0.1) is 5.82 Å². The van der Waals surface area contributed by atoms with Crippen molar-refractivity contribution in [3.8, 4) is 0 Å². The Morgan fingerprint density at radius 1 is 1.33 bits per heavy atom. The van der Waals surface area contributed by atoms with Crippen molar-refractivity contribution in [3.05, 3.63) is 29.0 Å². The van der Waals surface area contributed by atoms with E-state index in [2.05, 4.69) is 0 Å². The molecule has 0 aromatic heterocycles. The molecular formula is C11H13ClFNO3S. The molecule has 7 heteroatoms. The van der Waals surface area contributed by atoms with Crippen molar-refractivity contribution in [1.82, 2.24) is 4.89 Å². The largest absolute Gasteiger partial charge is 0.284 e. The second-order valence-corrected chi connectivity index (χ2v) is 6.24. The fourth-order valence-electron chi connectivity index (χ4n) is 1.88. The monoisotopic (exact) mass is 293 g/mol. The van der Waals surface area contributed by atoms with E-state index in [0.717, 1.165) is 37.8 Å². The van der Waals surface area contributed by atoms with Crippen LogP contribution in [0.5, 0.6) is 0 Å². The average Bonchev–Trinajstić information content (AvgIpc) is 2.78. The Kier molecular flexibility index (Phi) is 4.21. The molecule has 0 radical (unpaired) electrons. The lowest BCUT2D eigenvalue weighted by Gasteiger charge is -2.12. The summed E-state index contributed by atoms with van der Waals surface area (Å²) in [4.78, 5) is 6.57. The minimum Gasteiger partial charge on any atom is -0.284 e. The lowest BCUT2D eigenvalue weighted by molar-refractivity contribution is 0.0222. The van der Waals surface area contributed by atoms with Gasteiger partial charge in [0.2, 0.25) is 0 Å². The Balaban J connectivity index is 2.09. The number of hydrogen-bond acceptors (Lipinski definition) is 3. The highest BCUT2D eigenvalue weighted by Crippen LogP contribution is 2.22. The van der Waals surface area contributed by atoms with Crippen LogP contribution in [0.3, 0.4) is 0 Å². The van der Waals surface area contributed by atoms with E-state index >= 15 is 0 Å². The molecule has 2 rings (SSSR count). The SMILES string of the molecule is O=S(=O)(NOC1CCCC1)c1ccc(Cl)cc1F. The van der Waals surface area contributed by atoms with Crippen molar-refractivity contribution < 1.29 is 17.6 Å². The van der Waals surface area contributed by atoms with E-state index in [4.69, 9.17) is 16.4 Å². The Morgan fingerprint density at radius 3 is 2.61 bits per heavy atom. The van der Waals surface area contributed by atoms with Crippen molar-refractivity contribution in [3.63, 3.8) is 0 Å². The second kappa shape index (κ2) is 5.52. The minimum absolute atomic E-state index is 0.130. The van der Waals surface area contributed by atoms with Gasteiger partial charge < -0.3 is 0 Å². The van der Waals surface area contributed by atoms with E-state index in [-0.39, 0.29) is 11.1 Å². The lowest BCUT2D eigenvalue weighted by Crippen LogP contribution is -2.29. The normalized spacial score (nSPS) is 17.2. The van der Waals surface area contributed by atoms with Crippen molar-refractivity contribution in [1.29, 1.82) is 0 Å².